The predicted octanol–water partition coefficient (Wildman–Crippen LogP) is -1.12. The van der Waals surface area contributed by atoms with Crippen molar-refractivity contribution in [3.63, 3.8) is 0 Å². The van der Waals surface area contributed by atoms with E-state index in [1.54, 1.807) is 13.8 Å². The van der Waals surface area contributed by atoms with E-state index in [2.05, 4.69) is 58.8 Å². The summed E-state index contributed by atoms with van der Waals surface area (Å²) in [5, 5.41) is 85.8. The zero-order valence-corrected chi connectivity index (χ0v) is 42.1. The van der Waals surface area contributed by atoms with Crippen molar-refractivity contribution >= 4 is 0 Å². The zero-order valence-electron chi connectivity index (χ0n) is 42.1. The Hall–Kier alpha value is -0.680. The lowest BCUT2D eigenvalue weighted by atomic mass is 9.84. The smallest absolute Gasteiger partial charge is 0.186 e. The molecular weight excluding hydrogens is 825 g/mol. The first-order valence-corrected chi connectivity index (χ1v) is 25.0. The van der Waals surface area contributed by atoms with E-state index < -0.39 is 68.3 Å². The fourth-order valence-corrected chi connectivity index (χ4v) is 10.6. The molecule has 0 aromatic rings. The van der Waals surface area contributed by atoms with Gasteiger partial charge in [-0.05, 0) is 80.6 Å². The van der Waals surface area contributed by atoms with Crippen molar-refractivity contribution in [2.75, 3.05) is 125 Å². The molecule has 0 spiro atoms. The third-order valence-electron chi connectivity index (χ3n) is 16.4. The maximum absolute atomic E-state index is 9.53. The van der Waals surface area contributed by atoms with Crippen LogP contribution in [-0.2, 0) is 9.47 Å². The summed E-state index contributed by atoms with van der Waals surface area (Å²) in [6.45, 7) is 41.7. The van der Waals surface area contributed by atoms with E-state index in [0.29, 0.717) is 0 Å². The van der Waals surface area contributed by atoms with Crippen molar-refractivity contribution in [2.45, 2.75) is 174 Å². The minimum Gasteiger partial charge on any atom is -0.394 e. The van der Waals surface area contributed by atoms with Gasteiger partial charge in [0.15, 0.2) is 6.29 Å². The fraction of sp³-hybridized carbons (Fsp3) is 1.00. The van der Waals surface area contributed by atoms with Crippen molar-refractivity contribution in [1.82, 2.24) is 10.2 Å². The average molecular weight is 925 g/mol. The molecule has 0 unspecified atom stereocenters. The molecule has 17 heteroatoms. The molecule has 380 valence electrons. The minimum absolute atomic E-state index is 0.105. The summed E-state index contributed by atoms with van der Waals surface area (Å²) in [4.78, 5) is 2.60. The van der Waals surface area contributed by atoms with Gasteiger partial charge in [0.05, 0.1) is 89.9 Å². The van der Waals surface area contributed by atoms with Crippen LogP contribution >= 0.6 is 0 Å². The topological polar surface area (TPSA) is 216 Å². The number of quaternary nitrogens is 4. The molecule has 0 saturated carbocycles. The van der Waals surface area contributed by atoms with E-state index in [0.717, 1.165) is 24.0 Å². The van der Waals surface area contributed by atoms with Crippen molar-refractivity contribution in [3.05, 3.63) is 0 Å². The van der Waals surface area contributed by atoms with Gasteiger partial charge >= 0.3 is 0 Å². The summed E-state index contributed by atoms with van der Waals surface area (Å²) < 4.78 is 15.9. The molecule has 10 aliphatic heterocycles. The molecule has 6 bridgehead atoms. The fourth-order valence-electron chi connectivity index (χ4n) is 10.6. The lowest BCUT2D eigenvalue weighted by molar-refractivity contribution is -1.08. The second kappa shape index (κ2) is 25.8. The van der Waals surface area contributed by atoms with Gasteiger partial charge in [-0.1, -0.05) is 13.8 Å². The molecule has 10 heterocycles. The van der Waals surface area contributed by atoms with Gasteiger partial charge in [-0.2, -0.15) is 0 Å². The van der Waals surface area contributed by atoms with Gasteiger partial charge in [-0.15, -0.1) is 0 Å². The van der Waals surface area contributed by atoms with Crippen LogP contribution in [0.2, 0.25) is 0 Å². The number of hydrogen-bond donors (Lipinski definition) is 10. The highest BCUT2D eigenvalue weighted by Crippen LogP contribution is 2.35. The highest BCUT2D eigenvalue weighted by atomic mass is 16.7. The quantitative estimate of drug-likeness (QED) is 0.0994. The Morgan fingerprint density at radius 1 is 0.578 bits per heavy atom. The highest BCUT2D eigenvalue weighted by molar-refractivity contribution is 4.89. The predicted molar refractivity (Wildman–Crippen MR) is 249 cm³/mol. The van der Waals surface area contributed by atoms with Gasteiger partial charge in [0.2, 0.25) is 0 Å². The largest absolute Gasteiger partial charge is 0.394 e. The summed E-state index contributed by atoms with van der Waals surface area (Å²) in [6, 6.07) is 2.71. The molecule has 0 aromatic carbocycles. The maximum atomic E-state index is 9.53. The summed E-state index contributed by atoms with van der Waals surface area (Å²) in [5.74, 6) is 1.11. The Labute approximate surface area is 387 Å². The third kappa shape index (κ3) is 15.7. The van der Waals surface area contributed by atoms with E-state index in [-0.39, 0.29) is 18.7 Å². The number of nitrogens with one attached hydrogen (secondary N) is 1. The first-order valence-electron chi connectivity index (χ1n) is 25.0. The average Bonchev–Trinajstić information content (AvgIpc) is 3.29. The SMILES string of the molecule is CC(C)NC[C@H](O)[C@@H](O)[C@H](O)[C@H](O)CO.CC(C)O[C@H]1O[C@H](CO)[C@@H](O)[C@H](O)[C@@H]1O.CC(C)[N+]12CCC(CC1)CC2.CC(C)[N+]12CCN(CC1)CC2.CC(C)[N+]12CC[N+](C)(CC1)CC2. The molecule has 0 aromatic heterocycles. The summed E-state index contributed by atoms with van der Waals surface area (Å²) in [6.07, 6.45) is -7.30. The number of nitrogens with zero attached hydrogens (tertiary/aromatic N) is 5. The second-order valence-corrected chi connectivity index (χ2v) is 22.1. The standard InChI is InChI=1S/C10H22N2.C10H20N.C9H19N2.C9H21NO5.C9H18O6/c1-10(2)12-7-4-11(3,5-8-12)6-9-12;2*1-9(2)11-6-3-10(4-7-11)5-8-11;1-5(2)10-3-6(12)8(14)9(15)7(13)4-11;1-4(2)14-9-8(13)7(12)6(11)5(3-10)15-9/h10H,4-9H2,1-3H3;9-10H,3-8H2,1-2H3;9H,3-8H2,1-2H3;5-15H,3-4H2,1-2H3;4-13H,3H2,1-2H3/q+2;2*+1;;/t;;;6-,7+,8+,9+;5-,6-,7+,8+,9+/m...01/s1. The van der Waals surface area contributed by atoms with E-state index in [1.165, 1.54) is 135 Å². The Kier molecular flexibility index (Phi) is 23.2. The molecular formula is C47H100N6O11+4. The first kappa shape index (κ1) is 57.6. The van der Waals surface area contributed by atoms with Crippen LogP contribution in [0, 0.1) is 5.92 Å². The molecule has 10 saturated heterocycles. The Morgan fingerprint density at radius 3 is 1.36 bits per heavy atom. The molecule has 64 heavy (non-hydrogen) atoms. The van der Waals surface area contributed by atoms with Crippen LogP contribution in [0.15, 0.2) is 0 Å². The maximum Gasteiger partial charge on any atom is 0.186 e. The molecule has 17 nitrogen and oxygen atoms in total. The van der Waals surface area contributed by atoms with Gasteiger partial charge in [0.1, 0.15) is 82.0 Å². The van der Waals surface area contributed by atoms with Gasteiger partial charge in [-0.25, -0.2) is 0 Å². The molecule has 10 N–H and O–H groups in total. The van der Waals surface area contributed by atoms with Crippen LogP contribution in [-0.4, -0.2) is 279 Å². The number of piperidine rings is 3. The van der Waals surface area contributed by atoms with Crippen LogP contribution in [0.3, 0.4) is 0 Å². The Morgan fingerprint density at radius 2 is 1.00 bits per heavy atom. The van der Waals surface area contributed by atoms with Crippen molar-refractivity contribution in [1.29, 1.82) is 0 Å². The number of likely N-dealkylation sites (N-methyl/N-ethyl adjacent to an activating group) is 1. The molecule has 0 aliphatic carbocycles. The summed E-state index contributed by atoms with van der Waals surface area (Å²) in [5.41, 5.74) is 0. The summed E-state index contributed by atoms with van der Waals surface area (Å²) >= 11 is 0. The van der Waals surface area contributed by atoms with Crippen LogP contribution < -0.4 is 5.32 Å². The van der Waals surface area contributed by atoms with E-state index >= 15 is 0 Å². The van der Waals surface area contributed by atoms with Crippen LogP contribution in [0.25, 0.3) is 0 Å². The molecule has 0 radical (unpaired) electrons. The molecule has 10 aliphatic rings. The number of fused-ring (bicyclic) bond motifs is 9. The molecule has 10 fully saturated rings. The monoisotopic (exact) mass is 925 g/mol. The van der Waals surface area contributed by atoms with Gasteiger partial charge in [0.25, 0.3) is 0 Å². The lowest BCUT2D eigenvalue weighted by Crippen LogP contribution is -2.75. The number of aliphatic hydroxyl groups excluding tert-OH is 9. The van der Waals surface area contributed by atoms with Crippen molar-refractivity contribution in [3.8, 4) is 0 Å². The van der Waals surface area contributed by atoms with Gasteiger partial charge < -0.3 is 78.7 Å². The van der Waals surface area contributed by atoms with Crippen LogP contribution in [0.4, 0.5) is 0 Å². The summed E-state index contributed by atoms with van der Waals surface area (Å²) in [7, 11) is 2.42. The number of rotatable bonds is 13. The van der Waals surface area contributed by atoms with Gasteiger partial charge in [-0.3, -0.25) is 4.90 Å². The van der Waals surface area contributed by atoms with Crippen molar-refractivity contribution in [2.24, 2.45) is 5.92 Å². The van der Waals surface area contributed by atoms with E-state index in [4.69, 9.17) is 24.8 Å². The Bertz CT molecular complexity index is 1200. The first-order chi connectivity index (χ1) is 29.9. The van der Waals surface area contributed by atoms with Gasteiger partial charge in [0, 0.05) is 32.2 Å². The van der Waals surface area contributed by atoms with E-state index in [1.807, 2.05) is 13.8 Å². The number of aliphatic hydroxyl groups is 9. The van der Waals surface area contributed by atoms with Crippen LogP contribution in [0.5, 0.6) is 0 Å². The molecule has 9 atom stereocenters. The number of hydrogen-bond acceptors (Lipinski definition) is 13. The third-order valence-corrected chi connectivity index (χ3v) is 16.4. The van der Waals surface area contributed by atoms with Crippen LogP contribution in [0.1, 0.15) is 88.5 Å². The minimum atomic E-state index is -1.56. The zero-order chi connectivity index (χ0) is 48.2. The molecule has 0 amide bonds. The lowest BCUT2D eigenvalue weighted by Gasteiger charge is -2.55. The van der Waals surface area contributed by atoms with E-state index in [9.17, 15) is 30.6 Å². The number of piperazine rings is 6. The molecule has 10 rings (SSSR count). The highest BCUT2D eigenvalue weighted by Gasteiger charge is 2.48. The normalized spacial score (nSPS) is 38.3. The Balaban J connectivity index is 0.000000214. The second-order valence-electron chi connectivity index (χ2n) is 22.1. The number of ether oxygens (including phenoxy) is 2. The van der Waals surface area contributed by atoms with Crippen molar-refractivity contribution < 1.29 is 73.4 Å².